The molecule has 5 heteroatoms. The summed E-state index contributed by atoms with van der Waals surface area (Å²) in [5.41, 5.74) is -0.147. The summed E-state index contributed by atoms with van der Waals surface area (Å²) < 4.78 is 6.91. The van der Waals surface area contributed by atoms with Crippen molar-refractivity contribution in [2.45, 2.75) is 37.9 Å². The van der Waals surface area contributed by atoms with Crippen molar-refractivity contribution >= 4 is 0 Å². The fourth-order valence-corrected chi connectivity index (χ4v) is 1.88. The molecule has 0 radical (unpaired) electrons. The van der Waals surface area contributed by atoms with Crippen LogP contribution in [0.25, 0.3) is 0 Å². The zero-order valence-electron chi connectivity index (χ0n) is 9.30. The molecule has 1 heterocycles. The van der Waals surface area contributed by atoms with Gasteiger partial charge in [0.05, 0.1) is 6.10 Å². The Kier molecular flexibility index (Phi) is 3.24. The van der Waals surface area contributed by atoms with Gasteiger partial charge in [0.1, 0.15) is 6.10 Å². The van der Waals surface area contributed by atoms with Crippen molar-refractivity contribution < 1.29 is 9.84 Å². The molecule has 5 nitrogen and oxygen atoms in total. The highest BCUT2D eigenvalue weighted by Gasteiger charge is 2.21. The van der Waals surface area contributed by atoms with Crippen molar-refractivity contribution in [1.29, 1.82) is 0 Å². The van der Waals surface area contributed by atoms with Crippen LogP contribution in [0, 0.1) is 0 Å². The average Bonchev–Trinajstić information content (AvgIpc) is 2.27. The van der Waals surface area contributed by atoms with E-state index in [1.165, 1.54) is 10.7 Å². The van der Waals surface area contributed by atoms with Gasteiger partial charge in [-0.15, -0.1) is 5.10 Å². The lowest BCUT2D eigenvalue weighted by Gasteiger charge is -2.25. The SMILES string of the molecule is Cn1nc(O[C@H]2CC[C@H](O)CC2)ccc1=O. The molecular formula is C11H16N2O3. The average molecular weight is 224 g/mol. The molecule has 1 aromatic heterocycles. The normalized spacial score (nSPS) is 25.4. The van der Waals surface area contributed by atoms with Gasteiger partial charge < -0.3 is 9.84 Å². The second-order valence-electron chi connectivity index (χ2n) is 4.18. The maximum Gasteiger partial charge on any atom is 0.266 e. The molecule has 0 unspecified atom stereocenters. The van der Waals surface area contributed by atoms with Gasteiger partial charge >= 0.3 is 0 Å². The molecule has 88 valence electrons. The van der Waals surface area contributed by atoms with Crippen LogP contribution in [0.1, 0.15) is 25.7 Å². The van der Waals surface area contributed by atoms with E-state index in [2.05, 4.69) is 5.10 Å². The second kappa shape index (κ2) is 4.65. The van der Waals surface area contributed by atoms with Crippen LogP contribution in [-0.4, -0.2) is 27.1 Å². The van der Waals surface area contributed by atoms with E-state index in [9.17, 15) is 9.90 Å². The number of aryl methyl sites for hydroxylation is 1. The van der Waals surface area contributed by atoms with Crippen LogP contribution in [-0.2, 0) is 7.05 Å². The Balaban J connectivity index is 1.98. The first-order chi connectivity index (χ1) is 7.65. The molecule has 0 bridgehead atoms. The highest BCUT2D eigenvalue weighted by atomic mass is 16.5. The first kappa shape index (κ1) is 11.1. The van der Waals surface area contributed by atoms with E-state index >= 15 is 0 Å². The van der Waals surface area contributed by atoms with Crippen LogP contribution in [0.2, 0.25) is 0 Å². The molecular weight excluding hydrogens is 208 g/mol. The minimum Gasteiger partial charge on any atom is -0.473 e. The highest BCUT2D eigenvalue weighted by molar-refractivity contribution is 5.07. The Morgan fingerprint density at radius 3 is 2.69 bits per heavy atom. The maximum atomic E-state index is 11.1. The van der Waals surface area contributed by atoms with Gasteiger partial charge in [0.25, 0.3) is 5.56 Å². The number of rotatable bonds is 2. The summed E-state index contributed by atoms with van der Waals surface area (Å²) in [6.45, 7) is 0. The summed E-state index contributed by atoms with van der Waals surface area (Å²) in [6.07, 6.45) is 3.14. The Morgan fingerprint density at radius 1 is 1.38 bits per heavy atom. The van der Waals surface area contributed by atoms with E-state index in [0.717, 1.165) is 25.7 Å². The van der Waals surface area contributed by atoms with Crippen molar-refractivity contribution in [3.63, 3.8) is 0 Å². The van der Waals surface area contributed by atoms with Gasteiger partial charge in [0, 0.05) is 19.2 Å². The molecule has 0 saturated heterocycles. The predicted molar refractivity (Wildman–Crippen MR) is 58.4 cm³/mol. The molecule has 16 heavy (non-hydrogen) atoms. The van der Waals surface area contributed by atoms with E-state index in [1.54, 1.807) is 13.1 Å². The van der Waals surface area contributed by atoms with Gasteiger partial charge in [0.2, 0.25) is 5.88 Å². The molecule has 2 rings (SSSR count). The minimum atomic E-state index is -0.187. The van der Waals surface area contributed by atoms with Crippen LogP contribution in [0.5, 0.6) is 5.88 Å². The van der Waals surface area contributed by atoms with E-state index in [-0.39, 0.29) is 17.8 Å². The Labute approximate surface area is 93.7 Å². The van der Waals surface area contributed by atoms with Crippen LogP contribution in [0.15, 0.2) is 16.9 Å². The number of aliphatic hydroxyl groups is 1. The number of hydrogen-bond acceptors (Lipinski definition) is 4. The zero-order valence-corrected chi connectivity index (χ0v) is 9.30. The number of aliphatic hydroxyl groups excluding tert-OH is 1. The molecule has 0 amide bonds. The zero-order chi connectivity index (χ0) is 11.5. The minimum absolute atomic E-state index is 0.105. The molecule has 1 aliphatic rings. The van der Waals surface area contributed by atoms with E-state index in [0.29, 0.717) is 5.88 Å². The predicted octanol–water partition coefficient (Wildman–Crippen LogP) is 0.463. The standard InChI is InChI=1S/C11H16N2O3/c1-13-11(15)7-6-10(12-13)16-9-4-2-8(14)3-5-9/h6-9,14H,2-5H2,1H3/t8-,9-. The molecule has 1 saturated carbocycles. The van der Waals surface area contributed by atoms with Crippen molar-refractivity contribution in [3.05, 3.63) is 22.5 Å². The second-order valence-corrected chi connectivity index (χ2v) is 4.18. The molecule has 0 atom stereocenters. The highest BCUT2D eigenvalue weighted by Crippen LogP contribution is 2.22. The molecule has 1 aromatic rings. The maximum absolute atomic E-state index is 11.1. The van der Waals surface area contributed by atoms with Crippen LogP contribution >= 0.6 is 0 Å². The fraction of sp³-hybridized carbons (Fsp3) is 0.636. The quantitative estimate of drug-likeness (QED) is 0.792. The molecule has 0 aliphatic heterocycles. The third-order valence-electron chi connectivity index (χ3n) is 2.87. The Bertz CT molecular complexity index is 408. The van der Waals surface area contributed by atoms with Gasteiger partial charge in [-0.3, -0.25) is 4.79 Å². The lowest BCUT2D eigenvalue weighted by atomic mass is 9.95. The molecule has 0 spiro atoms. The fourth-order valence-electron chi connectivity index (χ4n) is 1.88. The van der Waals surface area contributed by atoms with E-state index < -0.39 is 0 Å². The number of ether oxygens (including phenoxy) is 1. The summed E-state index contributed by atoms with van der Waals surface area (Å²) >= 11 is 0. The first-order valence-electron chi connectivity index (χ1n) is 5.54. The summed E-state index contributed by atoms with van der Waals surface area (Å²) in [4.78, 5) is 11.1. The van der Waals surface area contributed by atoms with Gasteiger partial charge in [0.15, 0.2) is 0 Å². The van der Waals surface area contributed by atoms with Crippen LogP contribution in [0.3, 0.4) is 0 Å². The molecule has 0 aromatic carbocycles. The lowest BCUT2D eigenvalue weighted by molar-refractivity contribution is 0.0633. The van der Waals surface area contributed by atoms with Crippen molar-refractivity contribution in [2.75, 3.05) is 0 Å². The summed E-state index contributed by atoms with van der Waals surface area (Å²) in [5.74, 6) is 0.475. The van der Waals surface area contributed by atoms with E-state index in [1.807, 2.05) is 0 Å². The molecule has 1 aliphatic carbocycles. The van der Waals surface area contributed by atoms with Gasteiger partial charge in [-0.2, -0.15) is 0 Å². The third kappa shape index (κ3) is 2.61. The lowest BCUT2D eigenvalue weighted by Crippen LogP contribution is -2.28. The Morgan fingerprint density at radius 2 is 2.06 bits per heavy atom. The number of nitrogens with zero attached hydrogens (tertiary/aromatic N) is 2. The summed E-state index contributed by atoms with van der Waals surface area (Å²) in [7, 11) is 1.60. The van der Waals surface area contributed by atoms with Crippen LogP contribution in [0.4, 0.5) is 0 Å². The smallest absolute Gasteiger partial charge is 0.266 e. The summed E-state index contributed by atoms with van der Waals surface area (Å²) in [6, 6.07) is 3.04. The number of aromatic nitrogens is 2. The third-order valence-corrected chi connectivity index (χ3v) is 2.87. The van der Waals surface area contributed by atoms with Crippen molar-refractivity contribution in [3.8, 4) is 5.88 Å². The van der Waals surface area contributed by atoms with Crippen molar-refractivity contribution in [2.24, 2.45) is 7.05 Å². The summed E-state index contributed by atoms with van der Waals surface area (Å²) in [5, 5.41) is 13.4. The topological polar surface area (TPSA) is 64.3 Å². The molecule has 1 N–H and O–H groups in total. The molecule has 1 fully saturated rings. The van der Waals surface area contributed by atoms with Gasteiger partial charge in [-0.1, -0.05) is 0 Å². The largest absolute Gasteiger partial charge is 0.473 e. The first-order valence-corrected chi connectivity index (χ1v) is 5.54. The van der Waals surface area contributed by atoms with Crippen LogP contribution < -0.4 is 10.3 Å². The number of hydrogen-bond donors (Lipinski definition) is 1. The monoisotopic (exact) mass is 224 g/mol. The van der Waals surface area contributed by atoms with Gasteiger partial charge in [-0.05, 0) is 25.7 Å². The Hall–Kier alpha value is -1.36. The van der Waals surface area contributed by atoms with Crippen molar-refractivity contribution in [1.82, 2.24) is 9.78 Å². The van der Waals surface area contributed by atoms with Gasteiger partial charge in [-0.25, -0.2) is 4.68 Å². The van der Waals surface area contributed by atoms with E-state index in [4.69, 9.17) is 4.74 Å².